The molecule has 0 atom stereocenters. The maximum Gasteiger partial charge on any atom is 0.142 e. The first kappa shape index (κ1) is 14.9. The zero-order chi connectivity index (χ0) is 14.8. The predicted molar refractivity (Wildman–Crippen MR) is 82.0 cm³/mol. The summed E-state index contributed by atoms with van der Waals surface area (Å²) in [6.45, 7) is 9.25. The van der Waals surface area contributed by atoms with Gasteiger partial charge in [0.15, 0.2) is 0 Å². The average molecular weight is 291 g/mol. The molecule has 5 heteroatoms. The number of aromatic nitrogens is 2. The first-order chi connectivity index (χ1) is 9.40. The molecule has 2 aromatic heterocycles. The average Bonchev–Trinajstić information content (AvgIpc) is 2.86. The molecule has 108 valence electrons. The number of hydrogen-bond donors (Lipinski definition) is 1. The van der Waals surface area contributed by atoms with Crippen molar-refractivity contribution in [2.45, 2.75) is 46.3 Å². The fraction of sp³-hybridized carbons (Fsp3) is 0.467. The maximum atomic E-state index is 5.80. The van der Waals surface area contributed by atoms with Gasteiger partial charge in [-0.05, 0) is 19.1 Å². The third-order valence-corrected chi connectivity index (χ3v) is 3.76. The van der Waals surface area contributed by atoms with E-state index in [9.17, 15) is 0 Å². The van der Waals surface area contributed by atoms with Gasteiger partial charge in [0.25, 0.3) is 0 Å². The summed E-state index contributed by atoms with van der Waals surface area (Å²) in [7, 11) is 0. The highest BCUT2D eigenvalue weighted by Gasteiger charge is 2.17. The summed E-state index contributed by atoms with van der Waals surface area (Å²) < 4.78 is 5.80. The van der Waals surface area contributed by atoms with Crippen LogP contribution >= 0.6 is 11.3 Å². The number of rotatable bonds is 4. The van der Waals surface area contributed by atoms with E-state index < -0.39 is 0 Å². The summed E-state index contributed by atoms with van der Waals surface area (Å²) in [4.78, 5) is 8.99. The Labute approximate surface area is 124 Å². The molecule has 4 nitrogen and oxygen atoms in total. The van der Waals surface area contributed by atoms with Crippen LogP contribution in [-0.4, -0.2) is 9.97 Å². The molecule has 0 aliphatic rings. The third-order valence-electron chi connectivity index (χ3n) is 2.94. The van der Waals surface area contributed by atoms with Gasteiger partial charge in [0, 0.05) is 23.0 Å². The van der Waals surface area contributed by atoms with E-state index in [1.807, 2.05) is 19.1 Å². The van der Waals surface area contributed by atoms with Gasteiger partial charge in [0.2, 0.25) is 0 Å². The smallest absolute Gasteiger partial charge is 0.142 e. The van der Waals surface area contributed by atoms with Gasteiger partial charge in [-0.15, -0.1) is 11.3 Å². The Morgan fingerprint density at radius 1 is 1.25 bits per heavy atom. The number of pyridine rings is 1. The molecule has 2 rings (SSSR count). The minimum absolute atomic E-state index is 0.0720. The Balaban J connectivity index is 2.07. The number of aryl methyl sites for hydroxylation is 1. The normalized spacial score (nSPS) is 11.7. The minimum atomic E-state index is 0.0720. The van der Waals surface area contributed by atoms with Crippen LogP contribution in [0.4, 0.5) is 0 Å². The Hall–Kier alpha value is -1.46. The van der Waals surface area contributed by atoms with Gasteiger partial charge in [-0.2, -0.15) is 0 Å². The Morgan fingerprint density at radius 3 is 2.60 bits per heavy atom. The van der Waals surface area contributed by atoms with Crippen molar-refractivity contribution >= 4 is 11.3 Å². The highest BCUT2D eigenvalue weighted by Crippen LogP contribution is 2.25. The van der Waals surface area contributed by atoms with Gasteiger partial charge < -0.3 is 10.5 Å². The van der Waals surface area contributed by atoms with Crippen LogP contribution in [0.25, 0.3) is 0 Å². The maximum absolute atomic E-state index is 5.80. The monoisotopic (exact) mass is 291 g/mol. The van der Waals surface area contributed by atoms with Crippen molar-refractivity contribution in [3.8, 4) is 5.75 Å². The SMILES string of the molecule is Cc1ccc(OCc2nc(C(C)(C)C)cs2)c(CN)n1. The van der Waals surface area contributed by atoms with E-state index in [-0.39, 0.29) is 5.41 Å². The van der Waals surface area contributed by atoms with E-state index >= 15 is 0 Å². The lowest BCUT2D eigenvalue weighted by molar-refractivity contribution is 0.300. The molecular weight excluding hydrogens is 270 g/mol. The fourth-order valence-electron chi connectivity index (χ4n) is 1.74. The van der Waals surface area contributed by atoms with Gasteiger partial charge in [-0.3, -0.25) is 4.98 Å². The van der Waals surface area contributed by atoms with E-state index in [1.165, 1.54) is 0 Å². The molecule has 2 N–H and O–H groups in total. The van der Waals surface area contributed by atoms with Crippen LogP contribution in [0, 0.1) is 6.92 Å². The molecule has 20 heavy (non-hydrogen) atoms. The lowest BCUT2D eigenvalue weighted by Crippen LogP contribution is -2.12. The van der Waals surface area contributed by atoms with E-state index in [1.54, 1.807) is 11.3 Å². The molecule has 0 bridgehead atoms. The summed E-state index contributed by atoms with van der Waals surface area (Å²) in [5.41, 5.74) is 8.60. The molecule has 2 heterocycles. The van der Waals surface area contributed by atoms with Crippen LogP contribution < -0.4 is 10.5 Å². The van der Waals surface area contributed by atoms with Crippen molar-refractivity contribution < 1.29 is 4.74 Å². The second-order valence-electron chi connectivity index (χ2n) is 5.77. The summed E-state index contributed by atoms with van der Waals surface area (Å²) in [6.07, 6.45) is 0. The molecule has 0 unspecified atom stereocenters. The second-order valence-corrected chi connectivity index (χ2v) is 6.71. The van der Waals surface area contributed by atoms with E-state index in [0.29, 0.717) is 13.2 Å². The van der Waals surface area contributed by atoms with Crippen LogP contribution in [0.3, 0.4) is 0 Å². The van der Waals surface area contributed by atoms with Crippen LogP contribution in [0.15, 0.2) is 17.5 Å². The lowest BCUT2D eigenvalue weighted by Gasteiger charge is -2.14. The fourth-order valence-corrected chi connectivity index (χ4v) is 2.67. The number of nitrogens with two attached hydrogens (primary N) is 1. The minimum Gasteiger partial charge on any atom is -0.484 e. The summed E-state index contributed by atoms with van der Waals surface area (Å²) in [5.74, 6) is 0.741. The topological polar surface area (TPSA) is 61.0 Å². The van der Waals surface area contributed by atoms with Crippen LogP contribution in [0.2, 0.25) is 0 Å². The molecular formula is C15H21N3OS. The molecule has 0 aliphatic carbocycles. The van der Waals surface area contributed by atoms with E-state index in [4.69, 9.17) is 10.5 Å². The molecule has 0 spiro atoms. The quantitative estimate of drug-likeness (QED) is 0.940. The molecule has 2 aromatic rings. The number of ether oxygens (including phenoxy) is 1. The Morgan fingerprint density at radius 2 is 2.00 bits per heavy atom. The molecule has 0 saturated carbocycles. The summed E-state index contributed by atoms with van der Waals surface area (Å²) >= 11 is 1.62. The summed E-state index contributed by atoms with van der Waals surface area (Å²) in [6, 6.07) is 3.85. The predicted octanol–water partition coefficient (Wildman–Crippen LogP) is 3.18. The van der Waals surface area contributed by atoms with Crippen molar-refractivity contribution in [3.63, 3.8) is 0 Å². The van der Waals surface area contributed by atoms with Crippen LogP contribution in [-0.2, 0) is 18.6 Å². The lowest BCUT2D eigenvalue weighted by atomic mass is 9.93. The molecule has 0 saturated heterocycles. The van der Waals surface area contributed by atoms with Gasteiger partial charge >= 0.3 is 0 Å². The standard InChI is InChI=1S/C15H21N3OS/c1-10-5-6-12(11(7-16)17-10)19-8-14-18-13(9-20-14)15(2,3)4/h5-6,9H,7-8,16H2,1-4H3. The van der Waals surface area contributed by atoms with E-state index in [2.05, 4.69) is 36.1 Å². The first-order valence-electron chi connectivity index (χ1n) is 6.64. The largest absolute Gasteiger partial charge is 0.484 e. The Kier molecular flexibility index (Phi) is 4.40. The molecule has 0 aliphatic heterocycles. The van der Waals surface area contributed by atoms with Crippen molar-refractivity contribution in [1.29, 1.82) is 0 Å². The molecule has 0 amide bonds. The van der Waals surface area contributed by atoms with Crippen molar-refractivity contribution in [2.24, 2.45) is 5.73 Å². The third kappa shape index (κ3) is 3.55. The highest BCUT2D eigenvalue weighted by atomic mass is 32.1. The second kappa shape index (κ2) is 5.89. The van der Waals surface area contributed by atoms with Gasteiger partial charge in [-0.25, -0.2) is 4.98 Å². The number of thiazole rings is 1. The van der Waals surface area contributed by atoms with Crippen molar-refractivity contribution in [1.82, 2.24) is 9.97 Å². The van der Waals surface area contributed by atoms with Gasteiger partial charge in [0.05, 0.1) is 11.4 Å². The summed E-state index contributed by atoms with van der Waals surface area (Å²) in [5, 5.41) is 3.06. The molecule has 0 radical (unpaired) electrons. The van der Waals surface area contributed by atoms with Gasteiger partial charge in [0.1, 0.15) is 17.4 Å². The van der Waals surface area contributed by atoms with Crippen LogP contribution in [0.1, 0.15) is 42.9 Å². The molecule has 0 aromatic carbocycles. The highest BCUT2D eigenvalue weighted by molar-refractivity contribution is 7.09. The number of hydrogen-bond acceptors (Lipinski definition) is 5. The zero-order valence-electron chi connectivity index (χ0n) is 12.4. The van der Waals surface area contributed by atoms with Crippen molar-refractivity contribution in [2.75, 3.05) is 0 Å². The van der Waals surface area contributed by atoms with E-state index in [0.717, 1.165) is 27.8 Å². The van der Waals surface area contributed by atoms with Crippen molar-refractivity contribution in [3.05, 3.63) is 39.6 Å². The van der Waals surface area contributed by atoms with Crippen LogP contribution in [0.5, 0.6) is 5.75 Å². The molecule has 0 fully saturated rings. The first-order valence-corrected chi connectivity index (χ1v) is 7.52. The number of nitrogens with zero attached hydrogens (tertiary/aromatic N) is 2. The Bertz CT molecular complexity index is 587. The van der Waals surface area contributed by atoms with Gasteiger partial charge in [-0.1, -0.05) is 20.8 Å². The zero-order valence-corrected chi connectivity index (χ0v) is 13.3.